The van der Waals surface area contributed by atoms with Crippen LogP contribution in [0.15, 0.2) is 24.3 Å². The molecule has 0 radical (unpaired) electrons. The Morgan fingerprint density at radius 2 is 1.94 bits per heavy atom. The van der Waals surface area contributed by atoms with Crippen LogP contribution in [0.5, 0.6) is 11.5 Å². The fraction of sp³-hybridized carbons (Fsp3) is 0.478. The van der Waals surface area contributed by atoms with Gasteiger partial charge >= 0.3 is 0 Å². The average molecular weight is 491 g/mol. The number of sulfone groups is 1. The summed E-state index contributed by atoms with van der Waals surface area (Å²) in [7, 11) is -3.11. The molecule has 8 nitrogen and oxygen atoms in total. The zero-order valence-electron chi connectivity index (χ0n) is 18.3. The standard InChI is InChI=1S/C23H26N2O6S2/c1-13-6-7-15-19(10-13)32-23(20(15)22(27)24-14-8-9-33(28,29)12-14)25-21(26)18-11-30-16-4-2-3-5-17(16)31-18/h2-5,13-14,18H,6-12H2,1H3,(H,24,27)(H,25,26)/t13-,14-,18+/m1/s1. The van der Waals surface area contributed by atoms with Gasteiger partial charge in [0.05, 0.1) is 17.1 Å². The number of amides is 2. The Balaban J connectivity index is 1.38. The highest BCUT2D eigenvalue weighted by molar-refractivity contribution is 7.91. The zero-order valence-corrected chi connectivity index (χ0v) is 19.9. The normalized spacial score (nSPS) is 25.2. The van der Waals surface area contributed by atoms with E-state index in [1.165, 1.54) is 11.3 Å². The first-order chi connectivity index (χ1) is 15.8. The summed E-state index contributed by atoms with van der Waals surface area (Å²) in [5.74, 6) is 0.927. The van der Waals surface area contributed by atoms with Crippen molar-refractivity contribution in [1.82, 2.24) is 5.32 Å². The van der Waals surface area contributed by atoms with Crippen molar-refractivity contribution in [3.63, 3.8) is 0 Å². The molecular formula is C23H26N2O6S2. The van der Waals surface area contributed by atoms with Crippen LogP contribution in [0.3, 0.4) is 0 Å². The number of nitrogens with one attached hydrogen (secondary N) is 2. The predicted octanol–water partition coefficient (Wildman–Crippen LogP) is 2.57. The maximum atomic E-state index is 13.3. The van der Waals surface area contributed by atoms with Gasteiger partial charge in [0.1, 0.15) is 11.6 Å². The molecule has 3 aliphatic rings. The monoisotopic (exact) mass is 490 g/mol. The molecule has 3 heterocycles. The van der Waals surface area contributed by atoms with Crippen LogP contribution < -0.4 is 20.1 Å². The van der Waals surface area contributed by atoms with Gasteiger partial charge in [0.2, 0.25) is 6.10 Å². The van der Waals surface area contributed by atoms with Gasteiger partial charge in [-0.1, -0.05) is 19.1 Å². The molecule has 0 bridgehead atoms. The molecule has 2 aliphatic heterocycles. The van der Waals surface area contributed by atoms with Gasteiger partial charge in [-0.25, -0.2) is 8.42 Å². The van der Waals surface area contributed by atoms with Crippen LogP contribution >= 0.6 is 11.3 Å². The van der Waals surface area contributed by atoms with Gasteiger partial charge in [-0.3, -0.25) is 9.59 Å². The van der Waals surface area contributed by atoms with Crippen LogP contribution in [0, 0.1) is 5.92 Å². The third kappa shape index (κ3) is 4.59. The van der Waals surface area contributed by atoms with E-state index in [1.54, 1.807) is 12.1 Å². The Morgan fingerprint density at radius 1 is 1.15 bits per heavy atom. The molecule has 0 unspecified atom stereocenters. The summed E-state index contributed by atoms with van der Waals surface area (Å²) in [5.41, 5.74) is 1.41. The third-order valence-electron chi connectivity index (χ3n) is 6.34. The summed E-state index contributed by atoms with van der Waals surface area (Å²) >= 11 is 1.42. The van der Waals surface area contributed by atoms with E-state index in [1.807, 2.05) is 12.1 Å². The molecule has 1 saturated heterocycles. The summed E-state index contributed by atoms with van der Waals surface area (Å²) in [6.07, 6.45) is 2.14. The van der Waals surface area contributed by atoms with Crippen molar-refractivity contribution in [2.24, 2.45) is 5.92 Å². The molecule has 33 heavy (non-hydrogen) atoms. The first kappa shape index (κ1) is 22.2. The first-order valence-corrected chi connectivity index (χ1v) is 13.8. The fourth-order valence-corrected chi connectivity index (χ4v) is 7.67. The van der Waals surface area contributed by atoms with Crippen LogP contribution in [0.2, 0.25) is 0 Å². The van der Waals surface area contributed by atoms with E-state index in [0.717, 1.165) is 29.7 Å². The van der Waals surface area contributed by atoms with Crippen LogP contribution in [0.1, 0.15) is 40.6 Å². The SMILES string of the molecule is C[C@@H]1CCc2c(sc(NC(=O)[C@@H]3COc4ccccc4O3)c2C(=O)N[C@@H]2CCS(=O)(=O)C2)C1. The van der Waals surface area contributed by atoms with Crippen LogP contribution in [0.25, 0.3) is 0 Å². The number of para-hydroxylation sites is 2. The van der Waals surface area contributed by atoms with Gasteiger partial charge in [0.25, 0.3) is 11.8 Å². The molecule has 1 aliphatic carbocycles. The number of benzene rings is 1. The lowest BCUT2D eigenvalue weighted by atomic mass is 9.88. The van der Waals surface area contributed by atoms with Crippen LogP contribution in [0.4, 0.5) is 5.00 Å². The van der Waals surface area contributed by atoms with Gasteiger partial charge < -0.3 is 20.1 Å². The summed E-state index contributed by atoms with van der Waals surface area (Å²) < 4.78 is 35.1. The molecule has 10 heteroatoms. The van der Waals surface area contributed by atoms with E-state index < -0.39 is 22.0 Å². The van der Waals surface area contributed by atoms with Crippen molar-refractivity contribution in [2.75, 3.05) is 23.4 Å². The number of carbonyl (C=O) groups is 2. The smallest absolute Gasteiger partial charge is 0.269 e. The van der Waals surface area contributed by atoms with Crippen molar-refractivity contribution in [3.8, 4) is 11.5 Å². The Kier molecular flexibility index (Phi) is 5.82. The fourth-order valence-electron chi connectivity index (χ4n) is 4.59. The number of thiophene rings is 1. The molecule has 176 valence electrons. The molecule has 3 atom stereocenters. The predicted molar refractivity (Wildman–Crippen MR) is 125 cm³/mol. The molecule has 0 spiro atoms. The Morgan fingerprint density at radius 3 is 2.70 bits per heavy atom. The number of fused-ring (bicyclic) bond motifs is 2. The van der Waals surface area contributed by atoms with E-state index in [9.17, 15) is 18.0 Å². The molecule has 1 aromatic carbocycles. The van der Waals surface area contributed by atoms with Gasteiger partial charge in [0.15, 0.2) is 21.3 Å². The minimum absolute atomic E-state index is 0.0452. The second-order valence-corrected chi connectivity index (χ2v) is 12.3. The maximum absolute atomic E-state index is 13.3. The summed E-state index contributed by atoms with van der Waals surface area (Å²) in [4.78, 5) is 27.4. The zero-order chi connectivity index (χ0) is 23.2. The van der Waals surface area contributed by atoms with Crippen LogP contribution in [-0.2, 0) is 27.5 Å². The summed E-state index contributed by atoms with van der Waals surface area (Å²) in [6.45, 7) is 2.25. The molecule has 2 amide bonds. The maximum Gasteiger partial charge on any atom is 0.269 e. The lowest BCUT2D eigenvalue weighted by Gasteiger charge is -2.25. The van der Waals surface area contributed by atoms with E-state index in [-0.39, 0.29) is 29.9 Å². The molecule has 2 N–H and O–H groups in total. The molecule has 2 aromatic rings. The average Bonchev–Trinajstić information content (AvgIpc) is 3.31. The Hall–Kier alpha value is -2.59. The molecule has 0 saturated carbocycles. The van der Waals surface area contributed by atoms with Gasteiger partial charge in [0, 0.05) is 10.9 Å². The van der Waals surface area contributed by atoms with E-state index in [0.29, 0.717) is 34.4 Å². The highest BCUT2D eigenvalue weighted by Gasteiger charge is 2.34. The number of ether oxygens (including phenoxy) is 2. The lowest BCUT2D eigenvalue weighted by Crippen LogP contribution is -2.41. The number of rotatable bonds is 4. The van der Waals surface area contributed by atoms with Gasteiger partial charge in [-0.05, 0) is 49.3 Å². The molecular weight excluding hydrogens is 464 g/mol. The second-order valence-electron chi connectivity index (χ2n) is 8.98. The van der Waals surface area contributed by atoms with E-state index in [2.05, 4.69) is 17.6 Å². The van der Waals surface area contributed by atoms with Crippen LogP contribution in [-0.4, -0.2) is 50.5 Å². The minimum Gasteiger partial charge on any atom is -0.485 e. The number of hydrogen-bond donors (Lipinski definition) is 2. The third-order valence-corrected chi connectivity index (χ3v) is 9.28. The van der Waals surface area contributed by atoms with Crippen molar-refractivity contribution in [3.05, 3.63) is 40.3 Å². The van der Waals surface area contributed by atoms with Gasteiger partial charge in [-0.15, -0.1) is 11.3 Å². The van der Waals surface area contributed by atoms with Crippen molar-refractivity contribution in [1.29, 1.82) is 0 Å². The number of carbonyl (C=O) groups excluding carboxylic acids is 2. The quantitative estimate of drug-likeness (QED) is 0.682. The second kappa shape index (κ2) is 8.64. The Bertz CT molecular complexity index is 1210. The largest absolute Gasteiger partial charge is 0.485 e. The lowest BCUT2D eigenvalue weighted by molar-refractivity contribution is -0.125. The topological polar surface area (TPSA) is 111 Å². The number of anilines is 1. The summed E-state index contributed by atoms with van der Waals surface area (Å²) in [6, 6.07) is 6.76. The Labute approximate surface area is 196 Å². The molecule has 1 fully saturated rings. The molecule has 5 rings (SSSR count). The van der Waals surface area contributed by atoms with Crippen molar-refractivity contribution < 1.29 is 27.5 Å². The first-order valence-electron chi connectivity index (χ1n) is 11.1. The van der Waals surface area contributed by atoms with Crippen molar-refractivity contribution in [2.45, 2.75) is 44.8 Å². The van der Waals surface area contributed by atoms with Gasteiger partial charge in [-0.2, -0.15) is 0 Å². The molecule has 1 aromatic heterocycles. The van der Waals surface area contributed by atoms with E-state index >= 15 is 0 Å². The highest BCUT2D eigenvalue weighted by atomic mass is 32.2. The highest BCUT2D eigenvalue weighted by Crippen LogP contribution is 2.40. The minimum atomic E-state index is -3.11. The summed E-state index contributed by atoms with van der Waals surface area (Å²) in [5, 5.41) is 6.27. The van der Waals surface area contributed by atoms with Crippen molar-refractivity contribution >= 4 is 38.0 Å². The van der Waals surface area contributed by atoms with E-state index in [4.69, 9.17) is 9.47 Å². The number of hydrogen-bond acceptors (Lipinski definition) is 7.